The van der Waals surface area contributed by atoms with Crippen molar-refractivity contribution in [3.8, 4) is 56.3 Å². The molecule has 0 saturated heterocycles. The molecule has 5 nitrogen and oxygen atoms in total. The number of benzene rings is 5. The Hall–Kier alpha value is -8.15. The monoisotopic (exact) mass is 1060 g/mol. The maximum absolute atomic E-state index is 7.46. The molecule has 10 aromatic rings. The van der Waals surface area contributed by atoms with E-state index in [-0.39, 0.29) is 0 Å². The first-order chi connectivity index (χ1) is 39.2. The third-order valence-corrected chi connectivity index (χ3v) is 15.6. The average molecular weight is 1060 g/mol. The number of nitrogens with zero attached hydrogens (tertiary/aromatic N) is 5. The molecule has 0 aliphatic rings. The lowest BCUT2D eigenvalue weighted by molar-refractivity contribution is -0.660. The summed E-state index contributed by atoms with van der Waals surface area (Å²) in [7, 11) is 10.4. The summed E-state index contributed by atoms with van der Waals surface area (Å²) in [5.74, 6) is 0. The van der Waals surface area contributed by atoms with Gasteiger partial charge in [-0.2, -0.15) is 0 Å². The van der Waals surface area contributed by atoms with Crippen LogP contribution in [0.5, 0.6) is 0 Å². The summed E-state index contributed by atoms with van der Waals surface area (Å²) >= 11 is 0. The Labute approximate surface area is 486 Å². The van der Waals surface area contributed by atoms with Gasteiger partial charge in [-0.25, -0.2) is 22.8 Å². The van der Waals surface area contributed by atoms with E-state index in [1.807, 2.05) is 32.3 Å². The van der Waals surface area contributed by atoms with Crippen LogP contribution in [0.25, 0.3) is 56.3 Å². The SMILES string of the molecule is Cc1ccc(-c2c(C)ccc[n+]2C)c(C)c1.Cc1ccc(C)c(-c2cccc[n+]2C)c1C.Cc1cccc(-c2c(C)ccc[n+]2C)c1C.Cc1cccc(-c2c(C)ccc[n+]2C)c1C.[2H]C([2H])([2H])c1ccc(-c2c(C)ccc[n+]2C)c(C)c1. The summed E-state index contributed by atoms with van der Waals surface area (Å²) < 4.78 is 33.2. The van der Waals surface area contributed by atoms with E-state index < -0.39 is 6.85 Å². The minimum atomic E-state index is -2.04. The van der Waals surface area contributed by atoms with E-state index in [4.69, 9.17) is 4.11 Å². The first kappa shape index (κ1) is 56.6. The Morgan fingerprint density at radius 3 is 1.00 bits per heavy atom. The Bertz CT molecular complexity index is 3730. The van der Waals surface area contributed by atoms with Crippen LogP contribution in [0.2, 0.25) is 0 Å². The van der Waals surface area contributed by atoms with E-state index in [0.717, 1.165) is 16.8 Å². The predicted molar refractivity (Wildman–Crippen MR) is 336 cm³/mol. The van der Waals surface area contributed by atoms with Crippen LogP contribution in [-0.2, 0) is 35.2 Å². The molecule has 5 aromatic carbocycles. The second-order valence-electron chi connectivity index (χ2n) is 21.8. The fraction of sp³-hybridized carbons (Fsp3) is 0.267. The van der Waals surface area contributed by atoms with Gasteiger partial charge in [0.25, 0.3) is 0 Å². The van der Waals surface area contributed by atoms with Crippen molar-refractivity contribution in [2.75, 3.05) is 0 Å². The number of hydrogen-bond donors (Lipinski definition) is 0. The third kappa shape index (κ3) is 14.7. The summed E-state index contributed by atoms with van der Waals surface area (Å²) in [6, 6.07) is 52.5. The zero-order valence-electron chi connectivity index (χ0n) is 54.6. The van der Waals surface area contributed by atoms with Gasteiger partial charge in [0.1, 0.15) is 35.2 Å². The first-order valence-corrected chi connectivity index (χ1v) is 27.9. The molecule has 0 spiro atoms. The fourth-order valence-corrected chi connectivity index (χ4v) is 10.8. The fourth-order valence-electron chi connectivity index (χ4n) is 10.8. The molecule has 0 unspecified atom stereocenters. The quantitative estimate of drug-likeness (QED) is 0.153. The van der Waals surface area contributed by atoms with Crippen molar-refractivity contribution < 1.29 is 26.9 Å². The van der Waals surface area contributed by atoms with Crippen LogP contribution < -0.4 is 22.8 Å². The molecule has 5 aromatic heterocycles. The maximum atomic E-state index is 7.46. The standard InChI is InChI=1S/5C15H18N/c2*1-11-7-5-9-14(13(11)3)15-12(2)8-6-10-16(15)4;2*1-11-7-8-14(13(3)10-11)15-12(2)6-5-9-16(15)4;1-11-8-9-12(2)15(13(11)3)14-7-5-6-10-16(14)4/h5*5-10H,1-4H3/q5*+1/i;;1D3;;. The van der Waals surface area contributed by atoms with Crippen LogP contribution in [0.3, 0.4) is 0 Å². The van der Waals surface area contributed by atoms with Crippen LogP contribution in [-0.4, -0.2) is 0 Å². The largest absolute Gasteiger partial charge is 0.215 e. The van der Waals surface area contributed by atoms with Gasteiger partial charge in [-0.1, -0.05) is 71.8 Å². The number of pyridine rings is 5. The van der Waals surface area contributed by atoms with E-state index in [2.05, 4.69) is 293 Å². The molecule has 0 fully saturated rings. The summed E-state index contributed by atoms with van der Waals surface area (Å²) in [6.07, 6.45) is 10.4. The highest BCUT2D eigenvalue weighted by atomic mass is 14.9. The van der Waals surface area contributed by atoms with E-state index in [9.17, 15) is 0 Å². The first-order valence-electron chi connectivity index (χ1n) is 29.4. The van der Waals surface area contributed by atoms with Crippen LogP contribution in [0.15, 0.2) is 183 Å². The summed E-state index contributed by atoms with van der Waals surface area (Å²) in [4.78, 5) is 0. The third-order valence-electron chi connectivity index (χ3n) is 15.6. The van der Waals surface area contributed by atoms with Gasteiger partial charge in [0.15, 0.2) is 31.0 Å². The summed E-state index contributed by atoms with van der Waals surface area (Å²) in [6.45, 7) is 28.0. The highest BCUT2D eigenvalue weighted by Gasteiger charge is 2.19. The zero-order chi connectivity index (χ0) is 61.0. The molecule has 0 aliphatic carbocycles. The number of hydrogen-bond acceptors (Lipinski definition) is 0. The summed E-state index contributed by atoms with van der Waals surface area (Å²) in [5.41, 5.74) is 31.4. The molecular formula is C75H90N5+5. The normalized spacial score (nSPS) is 11.2. The lowest BCUT2D eigenvalue weighted by atomic mass is 9.95. The van der Waals surface area contributed by atoms with Crippen molar-refractivity contribution in [3.63, 3.8) is 0 Å². The highest BCUT2D eigenvalue weighted by molar-refractivity contribution is 5.69. The molecule has 410 valence electrons. The number of rotatable bonds is 5. The van der Waals surface area contributed by atoms with Crippen molar-refractivity contribution in [3.05, 3.63) is 266 Å². The van der Waals surface area contributed by atoms with Gasteiger partial charge in [0.2, 0.25) is 28.5 Å². The number of aryl methyl sites for hydroxylation is 17. The second kappa shape index (κ2) is 27.6. The van der Waals surface area contributed by atoms with Gasteiger partial charge in [0.05, 0.1) is 5.56 Å². The van der Waals surface area contributed by atoms with Gasteiger partial charge in [0, 0.05) is 85.0 Å². The molecule has 5 heterocycles. The van der Waals surface area contributed by atoms with Crippen molar-refractivity contribution in [1.82, 2.24) is 0 Å². The molecule has 0 amide bonds. The van der Waals surface area contributed by atoms with Crippen LogP contribution in [0.1, 0.15) is 87.6 Å². The van der Waals surface area contributed by atoms with Crippen molar-refractivity contribution in [2.24, 2.45) is 35.2 Å². The van der Waals surface area contributed by atoms with Crippen molar-refractivity contribution in [2.45, 2.75) is 104 Å². The van der Waals surface area contributed by atoms with Gasteiger partial charge >= 0.3 is 0 Å². The minimum Gasteiger partial charge on any atom is -0.201 e. The van der Waals surface area contributed by atoms with Gasteiger partial charge in [-0.05, 0) is 208 Å². The maximum Gasteiger partial charge on any atom is 0.215 e. The molecule has 0 atom stereocenters. The Kier molecular flexibility index (Phi) is 19.5. The topological polar surface area (TPSA) is 19.4 Å². The van der Waals surface area contributed by atoms with Gasteiger partial charge < -0.3 is 0 Å². The molecular weight excluding hydrogens is 971 g/mol. The Morgan fingerprint density at radius 1 is 0.263 bits per heavy atom. The summed E-state index contributed by atoms with van der Waals surface area (Å²) in [5, 5.41) is 0. The van der Waals surface area contributed by atoms with Crippen LogP contribution in [0.4, 0.5) is 0 Å². The van der Waals surface area contributed by atoms with Gasteiger partial charge in [-0.15, -0.1) is 0 Å². The van der Waals surface area contributed by atoms with E-state index in [0.29, 0.717) is 5.56 Å². The molecule has 0 N–H and O–H groups in total. The lowest BCUT2D eigenvalue weighted by Gasteiger charge is -2.10. The number of aromatic nitrogens is 5. The molecule has 0 aliphatic heterocycles. The van der Waals surface area contributed by atoms with Crippen LogP contribution in [0, 0.1) is 104 Å². The molecule has 0 radical (unpaired) electrons. The Balaban J connectivity index is 0.000000167. The minimum absolute atomic E-state index is 0.394. The zero-order valence-corrected chi connectivity index (χ0v) is 51.6. The average Bonchev–Trinajstić information content (AvgIpc) is 3.63. The predicted octanol–water partition coefficient (Wildman–Crippen LogP) is 15.5. The van der Waals surface area contributed by atoms with E-state index in [1.54, 1.807) is 12.1 Å². The Morgan fingerprint density at radius 2 is 0.613 bits per heavy atom. The molecule has 0 saturated carbocycles. The second-order valence-corrected chi connectivity index (χ2v) is 21.8. The van der Waals surface area contributed by atoms with E-state index in [1.165, 1.54) is 117 Å². The van der Waals surface area contributed by atoms with Gasteiger partial charge in [-0.3, -0.25) is 0 Å². The highest BCUT2D eigenvalue weighted by Crippen LogP contribution is 2.29. The molecule has 10 rings (SSSR count). The smallest absolute Gasteiger partial charge is 0.201 e. The molecule has 80 heavy (non-hydrogen) atoms. The molecule has 5 heteroatoms. The van der Waals surface area contributed by atoms with Crippen LogP contribution >= 0.6 is 0 Å². The van der Waals surface area contributed by atoms with E-state index >= 15 is 0 Å². The van der Waals surface area contributed by atoms with Crippen molar-refractivity contribution >= 4 is 0 Å². The molecule has 0 bridgehead atoms. The van der Waals surface area contributed by atoms with Crippen molar-refractivity contribution in [1.29, 1.82) is 0 Å². The lowest BCUT2D eigenvalue weighted by Crippen LogP contribution is -2.31.